The van der Waals surface area contributed by atoms with E-state index in [0.29, 0.717) is 17.7 Å². The van der Waals surface area contributed by atoms with Crippen LogP contribution in [0.3, 0.4) is 0 Å². The van der Waals surface area contributed by atoms with Crippen molar-refractivity contribution in [1.82, 2.24) is 9.78 Å². The first-order chi connectivity index (χ1) is 9.17. The van der Waals surface area contributed by atoms with Crippen LogP contribution in [-0.2, 0) is 16.1 Å². The Bertz CT molecular complexity index is 586. The van der Waals surface area contributed by atoms with E-state index >= 15 is 0 Å². The minimum atomic E-state index is -0.472. The van der Waals surface area contributed by atoms with Gasteiger partial charge in [-0.15, -0.1) is 0 Å². The Hall–Kier alpha value is -2.57. The molecule has 0 atom stereocenters. The second-order valence-corrected chi connectivity index (χ2v) is 3.71. The monoisotopic (exact) mass is 263 g/mol. The molecule has 0 aliphatic rings. The summed E-state index contributed by atoms with van der Waals surface area (Å²) in [7, 11) is 0. The first-order valence-corrected chi connectivity index (χ1v) is 5.68. The van der Waals surface area contributed by atoms with Gasteiger partial charge in [0.25, 0.3) is 0 Å². The van der Waals surface area contributed by atoms with Crippen LogP contribution in [0.15, 0.2) is 22.8 Å². The van der Waals surface area contributed by atoms with Gasteiger partial charge in [-0.3, -0.25) is 9.59 Å². The third-order valence-corrected chi connectivity index (χ3v) is 2.49. The number of aldehydes is 1. The van der Waals surface area contributed by atoms with E-state index in [2.05, 4.69) is 5.10 Å². The number of aromatic nitrogens is 2. The molecule has 2 aromatic rings. The maximum absolute atomic E-state index is 11.4. The van der Waals surface area contributed by atoms with Crippen molar-refractivity contribution < 1.29 is 18.7 Å². The summed E-state index contributed by atoms with van der Waals surface area (Å²) in [5.41, 5.74) is 6.29. The molecule has 0 spiro atoms. The van der Waals surface area contributed by atoms with E-state index in [1.165, 1.54) is 10.9 Å². The molecular weight excluding hydrogens is 250 g/mol. The van der Waals surface area contributed by atoms with Gasteiger partial charge >= 0.3 is 5.97 Å². The molecule has 0 saturated carbocycles. The lowest BCUT2D eigenvalue weighted by Gasteiger charge is -2.03. The smallest absolute Gasteiger partial charge is 0.327 e. The van der Waals surface area contributed by atoms with Crippen molar-refractivity contribution in [3.05, 3.63) is 24.0 Å². The summed E-state index contributed by atoms with van der Waals surface area (Å²) in [4.78, 5) is 22.5. The zero-order chi connectivity index (χ0) is 13.8. The van der Waals surface area contributed by atoms with Gasteiger partial charge in [-0.25, -0.2) is 4.68 Å². The number of nitrogens with two attached hydrogens (primary N) is 1. The van der Waals surface area contributed by atoms with Crippen LogP contribution in [0.4, 0.5) is 5.82 Å². The Morgan fingerprint density at radius 2 is 2.42 bits per heavy atom. The fourth-order valence-electron chi connectivity index (χ4n) is 1.65. The fraction of sp³-hybridized carbons (Fsp3) is 0.250. The lowest BCUT2D eigenvalue weighted by molar-refractivity contribution is -0.144. The highest BCUT2D eigenvalue weighted by Crippen LogP contribution is 2.26. The van der Waals surface area contributed by atoms with E-state index in [9.17, 15) is 9.59 Å². The second kappa shape index (κ2) is 5.38. The number of rotatable bonds is 5. The minimum absolute atomic E-state index is 0.106. The number of carbonyl (C=O) groups is 2. The fourth-order valence-corrected chi connectivity index (χ4v) is 1.65. The third-order valence-electron chi connectivity index (χ3n) is 2.49. The third kappa shape index (κ3) is 2.49. The number of ether oxygens (including phenoxy) is 1. The molecule has 2 N–H and O–H groups in total. The molecule has 0 bridgehead atoms. The molecule has 0 amide bonds. The SMILES string of the molecule is CCOC(=O)Cn1nc(-c2ccco2)c(C=O)c1N. The van der Waals surface area contributed by atoms with Crippen LogP contribution in [0.5, 0.6) is 0 Å². The van der Waals surface area contributed by atoms with Crippen molar-refractivity contribution in [1.29, 1.82) is 0 Å². The molecule has 7 nitrogen and oxygen atoms in total. The van der Waals surface area contributed by atoms with Crippen LogP contribution in [0, 0.1) is 0 Å². The number of carbonyl (C=O) groups excluding carboxylic acids is 2. The van der Waals surface area contributed by atoms with E-state index in [1.807, 2.05) is 0 Å². The van der Waals surface area contributed by atoms with Crippen molar-refractivity contribution in [2.45, 2.75) is 13.5 Å². The Labute approximate surface area is 108 Å². The van der Waals surface area contributed by atoms with Gasteiger partial charge in [0.1, 0.15) is 18.1 Å². The molecule has 0 aromatic carbocycles. The number of esters is 1. The number of nitrogens with zero attached hydrogens (tertiary/aromatic N) is 2. The van der Waals surface area contributed by atoms with Gasteiger partial charge in [0.2, 0.25) is 0 Å². The lowest BCUT2D eigenvalue weighted by atomic mass is 10.2. The van der Waals surface area contributed by atoms with Crippen LogP contribution in [0.25, 0.3) is 11.5 Å². The Morgan fingerprint density at radius 3 is 3.00 bits per heavy atom. The number of furan rings is 1. The zero-order valence-electron chi connectivity index (χ0n) is 10.3. The first-order valence-electron chi connectivity index (χ1n) is 5.68. The van der Waals surface area contributed by atoms with Gasteiger partial charge in [-0.1, -0.05) is 0 Å². The summed E-state index contributed by atoms with van der Waals surface area (Å²) in [5.74, 6) is 0.0472. The molecule has 19 heavy (non-hydrogen) atoms. The first kappa shape index (κ1) is 12.9. The molecule has 100 valence electrons. The number of hydrogen-bond donors (Lipinski definition) is 1. The Balaban J connectivity index is 2.36. The number of anilines is 1. The molecule has 2 rings (SSSR count). The van der Waals surface area contributed by atoms with Crippen LogP contribution in [-0.4, -0.2) is 28.6 Å². The van der Waals surface area contributed by atoms with Crippen LogP contribution in [0.1, 0.15) is 17.3 Å². The molecule has 0 unspecified atom stereocenters. The van der Waals surface area contributed by atoms with Crippen molar-refractivity contribution in [3.8, 4) is 11.5 Å². The van der Waals surface area contributed by atoms with Crippen molar-refractivity contribution in [2.24, 2.45) is 0 Å². The Morgan fingerprint density at radius 1 is 1.63 bits per heavy atom. The standard InChI is InChI=1S/C12H13N3O4/c1-2-18-10(17)6-15-12(13)8(7-16)11(14-15)9-4-3-5-19-9/h3-5,7H,2,6,13H2,1H3. The lowest BCUT2D eigenvalue weighted by Crippen LogP contribution is -2.16. The summed E-state index contributed by atoms with van der Waals surface area (Å²) >= 11 is 0. The molecular formula is C12H13N3O4. The van der Waals surface area contributed by atoms with Crippen LogP contribution >= 0.6 is 0 Å². The highest BCUT2D eigenvalue weighted by atomic mass is 16.5. The number of hydrogen-bond acceptors (Lipinski definition) is 6. The normalized spacial score (nSPS) is 10.4. The van der Waals surface area contributed by atoms with Gasteiger partial charge in [0.05, 0.1) is 18.4 Å². The van der Waals surface area contributed by atoms with Gasteiger partial charge in [-0.2, -0.15) is 5.10 Å². The van der Waals surface area contributed by atoms with Crippen molar-refractivity contribution in [3.63, 3.8) is 0 Å². The Kier molecular flexibility index (Phi) is 3.65. The van der Waals surface area contributed by atoms with Crippen molar-refractivity contribution in [2.75, 3.05) is 12.3 Å². The summed E-state index contributed by atoms with van der Waals surface area (Å²) in [5, 5.41) is 4.11. The topological polar surface area (TPSA) is 100 Å². The molecule has 0 fully saturated rings. The van der Waals surface area contributed by atoms with E-state index in [1.54, 1.807) is 19.1 Å². The maximum atomic E-state index is 11.4. The van der Waals surface area contributed by atoms with E-state index in [4.69, 9.17) is 14.9 Å². The largest absolute Gasteiger partial charge is 0.465 e. The summed E-state index contributed by atoms with van der Waals surface area (Å²) < 4.78 is 11.2. The average molecular weight is 263 g/mol. The maximum Gasteiger partial charge on any atom is 0.327 e. The molecule has 7 heteroatoms. The predicted octanol–water partition coefficient (Wildman–Crippen LogP) is 1.10. The second-order valence-electron chi connectivity index (χ2n) is 3.71. The molecule has 0 aliphatic carbocycles. The number of nitrogen functional groups attached to an aromatic ring is 1. The summed E-state index contributed by atoms with van der Waals surface area (Å²) in [6, 6.07) is 3.33. The minimum Gasteiger partial charge on any atom is -0.465 e. The quantitative estimate of drug-likeness (QED) is 0.640. The van der Waals surface area contributed by atoms with E-state index in [0.717, 1.165) is 0 Å². The van der Waals surface area contributed by atoms with Gasteiger partial charge in [0, 0.05) is 0 Å². The van der Waals surface area contributed by atoms with Gasteiger partial charge in [0.15, 0.2) is 12.0 Å². The van der Waals surface area contributed by atoms with E-state index < -0.39 is 5.97 Å². The predicted molar refractivity (Wildman–Crippen MR) is 66.4 cm³/mol. The molecule has 0 aliphatic heterocycles. The van der Waals surface area contributed by atoms with Gasteiger partial charge in [-0.05, 0) is 19.1 Å². The van der Waals surface area contributed by atoms with Crippen molar-refractivity contribution >= 4 is 18.1 Å². The van der Waals surface area contributed by atoms with Gasteiger partial charge < -0.3 is 14.9 Å². The van der Waals surface area contributed by atoms with E-state index in [-0.39, 0.29) is 24.5 Å². The summed E-state index contributed by atoms with van der Waals surface area (Å²) in [6.45, 7) is 1.82. The molecule has 0 saturated heterocycles. The molecule has 2 aromatic heterocycles. The highest BCUT2D eigenvalue weighted by molar-refractivity contribution is 5.90. The van der Waals surface area contributed by atoms with Crippen LogP contribution < -0.4 is 5.73 Å². The molecule has 2 heterocycles. The average Bonchev–Trinajstić information content (AvgIpc) is 2.99. The zero-order valence-corrected chi connectivity index (χ0v) is 10.3. The summed E-state index contributed by atoms with van der Waals surface area (Å²) in [6.07, 6.45) is 2.05. The molecule has 0 radical (unpaired) electrons. The van der Waals surface area contributed by atoms with Crippen LogP contribution in [0.2, 0.25) is 0 Å². The highest BCUT2D eigenvalue weighted by Gasteiger charge is 2.20.